The fraction of sp³-hybridized carbons (Fsp3) is 0.280. The molecule has 2 aliphatic rings. The number of aromatic nitrogens is 4. The Morgan fingerprint density at radius 1 is 1.18 bits per heavy atom. The molecule has 34 heavy (non-hydrogen) atoms. The van der Waals surface area contributed by atoms with Crippen LogP contribution >= 0.6 is 0 Å². The minimum atomic E-state index is -0.793. The third-order valence-corrected chi connectivity index (χ3v) is 6.28. The summed E-state index contributed by atoms with van der Waals surface area (Å²) in [5.41, 5.74) is 5.79. The molecule has 1 fully saturated rings. The number of likely N-dealkylation sites (tertiary alicyclic amines) is 1. The summed E-state index contributed by atoms with van der Waals surface area (Å²) in [7, 11) is 0. The van der Waals surface area contributed by atoms with Gasteiger partial charge in [0.05, 0.1) is 24.0 Å². The third kappa shape index (κ3) is 3.79. The number of allylic oxidation sites excluding steroid dienone is 1. The van der Waals surface area contributed by atoms with Gasteiger partial charge in [-0.05, 0) is 65.1 Å². The largest absolute Gasteiger partial charge is 0.459 e. The van der Waals surface area contributed by atoms with Gasteiger partial charge < -0.3 is 9.64 Å². The average Bonchev–Trinajstić information content (AvgIpc) is 3.63. The molecule has 5 rings (SSSR count). The second-order valence-corrected chi connectivity index (χ2v) is 8.19. The monoisotopic (exact) mass is 456 g/mol. The number of tetrazole rings is 1. The number of esters is 1. The zero-order valence-electron chi connectivity index (χ0n) is 18.8. The Labute approximate surface area is 196 Å². The number of aliphatic imine (C=N–C) groups is 1. The van der Waals surface area contributed by atoms with Crippen LogP contribution in [0.5, 0.6) is 0 Å². The van der Waals surface area contributed by atoms with Gasteiger partial charge in [0.15, 0.2) is 0 Å². The van der Waals surface area contributed by atoms with Crippen molar-refractivity contribution in [2.45, 2.75) is 31.8 Å². The van der Waals surface area contributed by atoms with Crippen LogP contribution in [-0.2, 0) is 14.3 Å². The summed E-state index contributed by atoms with van der Waals surface area (Å²) in [5.74, 6) is -1.37. The van der Waals surface area contributed by atoms with Gasteiger partial charge in [0.25, 0.3) is 0 Å². The van der Waals surface area contributed by atoms with Gasteiger partial charge in [-0.3, -0.25) is 9.79 Å². The molecule has 0 spiro atoms. The highest BCUT2D eigenvalue weighted by Gasteiger charge is 2.34. The average molecular weight is 457 g/mol. The minimum Gasteiger partial charge on any atom is -0.459 e. The Morgan fingerprint density at radius 3 is 2.68 bits per heavy atom. The van der Waals surface area contributed by atoms with E-state index in [1.54, 1.807) is 28.9 Å². The van der Waals surface area contributed by atoms with E-state index < -0.39 is 11.9 Å². The summed E-state index contributed by atoms with van der Waals surface area (Å²) >= 11 is 0. The summed E-state index contributed by atoms with van der Waals surface area (Å²) < 4.78 is 6.52. The Balaban J connectivity index is 1.42. The molecule has 0 aliphatic carbocycles. The molecule has 1 saturated heterocycles. The zero-order chi connectivity index (χ0) is 23.7. The molecular formula is C25H24N6O3. The molecule has 1 aromatic heterocycles. The predicted octanol–water partition coefficient (Wildman–Crippen LogP) is 2.97. The van der Waals surface area contributed by atoms with Crippen molar-refractivity contribution in [3.05, 3.63) is 83.7 Å². The van der Waals surface area contributed by atoms with E-state index in [0.717, 1.165) is 46.5 Å². The highest BCUT2D eigenvalue weighted by Crippen LogP contribution is 2.38. The van der Waals surface area contributed by atoms with Crippen molar-refractivity contribution in [3.63, 3.8) is 0 Å². The molecule has 2 atom stereocenters. The second-order valence-electron chi connectivity index (χ2n) is 8.19. The molecule has 3 aromatic rings. The second kappa shape index (κ2) is 9.01. The fourth-order valence-corrected chi connectivity index (χ4v) is 4.69. The SMILES string of the molecule is C=CC1=NC(c2ccc([C@@H]3CCCN3C(=O)C(=O)OCC)cc2)c2cc(-n3cnnn3)ccc21. The van der Waals surface area contributed by atoms with Crippen LogP contribution in [0, 0.1) is 0 Å². The molecular weight excluding hydrogens is 432 g/mol. The van der Waals surface area contributed by atoms with Gasteiger partial charge in [-0.2, -0.15) is 0 Å². The number of hydrogen-bond acceptors (Lipinski definition) is 7. The van der Waals surface area contributed by atoms with Crippen molar-refractivity contribution in [2.75, 3.05) is 13.2 Å². The van der Waals surface area contributed by atoms with Gasteiger partial charge in [0.1, 0.15) is 12.4 Å². The lowest BCUT2D eigenvalue weighted by Gasteiger charge is -2.24. The lowest BCUT2D eigenvalue weighted by molar-refractivity contribution is -0.160. The van der Waals surface area contributed by atoms with Crippen LogP contribution in [0.1, 0.15) is 54.1 Å². The molecule has 1 unspecified atom stereocenters. The lowest BCUT2D eigenvalue weighted by Crippen LogP contribution is -2.37. The van der Waals surface area contributed by atoms with Crippen LogP contribution in [0.15, 0.2) is 66.4 Å². The molecule has 3 heterocycles. The van der Waals surface area contributed by atoms with E-state index in [9.17, 15) is 9.59 Å². The number of nitrogens with zero attached hydrogens (tertiary/aromatic N) is 6. The van der Waals surface area contributed by atoms with Crippen molar-refractivity contribution in [3.8, 4) is 5.69 Å². The quantitative estimate of drug-likeness (QED) is 0.432. The molecule has 172 valence electrons. The molecule has 0 radical (unpaired) electrons. The first-order valence-electron chi connectivity index (χ1n) is 11.3. The number of amides is 1. The normalized spacial score (nSPS) is 19.0. The number of carbonyl (C=O) groups excluding carboxylic acids is 2. The first kappa shape index (κ1) is 21.7. The molecule has 0 bridgehead atoms. The van der Waals surface area contributed by atoms with Crippen molar-refractivity contribution in [1.29, 1.82) is 0 Å². The van der Waals surface area contributed by atoms with E-state index >= 15 is 0 Å². The number of carbonyl (C=O) groups is 2. The fourth-order valence-electron chi connectivity index (χ4n) is 4.69. The smallest absolute Gasteiger partial charge is 0.397 e. The van der Waals surface area contributed by atoms with E-state index in [-0.39, 0.29) is 18.7 Å². The summed E-state index contributed by atoms with van der Waals surface area (Å²) in [6, 6.07) is 13.8. The summed E-state index contributed by atoms with van der Waals surface area (Å²) in [4.78, 5) is 31.0. The van der Waals surface area contributed by atoms with Crippen molar-refractivity contribution in [1.82, 2.24) is 25.1 Å². The maximum atomic E-state index is 12.5. The first-order chi connectivity index (χ1) is 16.6. The van der Waals surface area contributed by atoms with Crippen LogP contribution < -0.4 is 0 Å². The Morgan fingerprint density at radius 2 is 1.97 bits per heavy atom. The topological polar surface area (TPSA) is 103 Å². The maximum absolute atomic E-state index is 12.5. The van der Waals surface area contributed by atoms with Gasteiger partial charge in [-0.1, -0.05) is 36.9 Å². The lowest BCUT2D eigenvalue weighted by atomic mass is 9.94. The van der Waals surface area contributed by atoms with Crippen molar-refractivity contribution in [2.24, 2.45) is 4.99 Å². The standard InChI is InChI=1S/C25H24N6O3/c1-3-21-19-12-11-18(31-15-26-28-29-31)14-20(19)23(27-21)17-9-7-16(8-10-17)22-6-5-13-30(22)24(32)25(33)34-4-2/h3,7-12,14-15,22-23H,1,4-6,13H2,2H3/t22-,23?/m0/s1. The minimum absolute atomic E-state index is 0.138. The Kier molecular flexibility index (Phi) is 5.75. The summed E-state index contributed by atoms with van der Waals surface area (Å²) in [6.07, 6.45) is 4.98. The number of hydrogen-bond donors (Lipinski definition) is 0. The van der Waals surface area contributed by atoms with Gasteiger partial charge in [-0.15, -0.1) is 5.10 Å². The third-order valence-electron chi connectivity index (χ3n) is 6.28. The summed E-state index contributed by atoms with van der Waals surface area (Å²) in [6.45, 7) is 6.34. The van der Waals surface area contributed by atoms with Gasteiger partial charge in [0, 0.05) is 12.1 Å². The van der Waals surface area contributed by atoms with Crippen LogP contribution in [0.2, 0.25) is 0 Å². The van der Waals surface area contributed by atoms with Gasteiger partial charge in [0.2, 0.25) is 0 Å². The molecule has 0 saturated carbocycles. The number of benzene rings is 2. The van der Waals surface area contributed by atoms with Gasteiger partial charge in [-0.25, -0.2) is 9.48 Å². The van der Waals surface area contributed by atoms with E-state index in [1.165, 1.54) is 0 Å². The highest BCUT2D eigenvalue weighted by atomic mass is 16.5. The first-order valence-corrected chi connectivity index (χ1v) is 11.3. The zero-order valence-corrected chi connectivity index (χ0v) is 18.8. The summed E-state index contributed by atoms with van der Waals surface area (Å²) in [5, 5.41) is 11.4. The number of rotatable bonds is 5. The molecule has 2 aromatic carbocycles. The van der Waals surface area contributed by atoms with Crippen LogP contribution in [0.3, 0.4) is 0 Å². The number of fused-ring (bicyclic) bond motifs is 1. The maximum Gasteiger partial charge on any atom is 0.397 e. The predicted molar refractivity (Wildman–Crippen MR) is 124 cm³/mol. The van der Waals surface area contributed by atoms with E-state index in [0.29, 0.717) is 6.54 Å². The highest BCUT2D eigenvalue weighted by molar-refractivity contribution is 6.32. The van der Waals surface area contributed by atoms with Crippen molar-refractivity contribution >= 4 is 17.6 Å². The Bertz CT molecular complexity index is 1270. The van der Waals surface area contributed by atoms with Crippen molar-refractivity contribution < 1.29 is 14.3 Å². The Hall–Kier alpha value is -4.14. The molecule has 9 nitrogen and oxygen atoms in total. The number of ether oxygens (including phenoxy) is 1. The molecule has 0 N–H and O–H groups in total. The molecule has 9 heteroatoms. The van der Waals surface area contributed by atoms with E-state index in [2.05, 4.69) is 22.1 Å². The van der Waals surface area contributed by atoms with Crippen LogP contribution in [0.25, 0.3) is 5.69 Å². The molecule has 1 amide bonds. The van der Waals surface area contributed by atoms with E-state index in [4.69, 9.17) is 9.73 Å². The molecule has 2 aliphatic heterocycles. The van der Waals surface area contributed by atoms with Crippen LogP contribution in [0.4, 0.5) is 0 Å². The van der Waals surface area contributed by atoms with E-state index in [1.807, 2.05) is 42.5 Å². The van der Waals surface area contributed by atoms with Gasteiger partial charge >= 0.3 is 11.9 Å². The van der Waals surface area contributed by atoms with Crippen LogP contribution in [-0.4, -0.2) is 55.8 Å².